The molecule has 1 fully saturated rings. The van der Waals surface area contributed by atoms with Crippen molar-refractivity contribution < 1.29 is 17.9 Å². The molecule has 3 nitrogen and oxygen atoms in total. The van der Waals surface area contributed by atoms with Gasteiger partial charge in [-0.25, -0.2) is 0 Å². The van der Waals surface area contributed by atoms with Crippen LogP contribution in [-0.4, -0.2) is 55.5 Å². The quantitative estimate of drug-likeness (QED) is 0.763. The Labute approximate surface area is 119 Å². The molecule has 1 heterocycles. The summed E-state index contributed by atoms with van der Waals surface area (Å²) in [4.78, 5) is 2.36. The van der Waals surface area contributed by atoms with Gasteiger partial charge in [0, 0.05) is 31.3 Å². The molecule has 0 aromatic carbocycles. The van der Waals surface area contributed by atoms with Crippen molar-refractivity contribution in [3.05, 3.63) is 0 Å². The molecule has 120 valence electrons. The van der Waals surface area contributed by atoms with E-state index in [4.69, 9.17) is 0 Å². The fourth-order valence-corrected chi connectivity index (χ4v) is 2.52. The van der Waals surface area contributed by atoms with Gasteiger partial charge in [0.1, 0.15) is 6.61 Å². The highest BCUT2D eigenvalue weighted by Gasteiger charge is 2.30. The molecular weight excluding hydrogens is 269 g/mol. The molecule has 0 aromatic heterocycles. The van der Waals surface area contributed by atoms with Gasteiger partial charge in [0.2, 0.25) is 0 Å². The van der Waals surface area contributed by atoms with Crippen LogP contribution >= 0.6 is 0 Å². The Balaban J connectivity index is 2.32. The summed E-state index contributed by atoms with van der Waals surface area (Å²) in [6.45, 7) is 8.29. The van der Waals surface area contributed by atoms with Crippen LogP contribution in [0.25, 0.3) is 0 Å². The van der Waals surface area contributed by atoms with Gasteiger partial charge in [-0.1, -0.05) is 6.92 Å². The van der Waals surface area contributed by atoms with Crippen LogP contribution in [0.15, 0.2) is 0 Å². The maximum absolute atomic E-state index is 12.0. The van der Waals surface area contributed by atoms with Gasteiger partial charge in [0.15, 0.2) is 0 Å². The highest BCUT2D eigenvalue weighted by Crippen LogP contribution is 2.19. The zero-order chi connectivity index (χ0) is 15.2. The third-order valence-electron chi connectivity index (χ3n) is 4.07. The summed E-state index contributed by atoms with van der Waals surface area (Å²) in [6, 6.07) is 0.457. The average Bonchev–Trinajstić information content (AvgIpc) is 2.48. The lowest BCUT2D eigenvalue weighted by atomic mass is 9.98. The maximum Gasteiger partial charge on any atom is 0.411 e. The number of nitrogens with zero attached hydrogens (tertiary/aromatic N) is 1. The van der Waals surface area contributed by atoms with Gasteiger partial charge in [-0.15, -0.1) is 0 Å². The normalized spacial score (nSPS) is 29.4. The smallest absolute Gasteiger partial charge is 0.372 e. The van der Waals surface area contributed by atoms with E-state index in [1.165, 1.54) is 0 Å². The van der Waals surface area contributed by atoms with Gasteiger partial charge in [0.25, 0.3) is 0 Å². The average molecular weight is 296 g/mol. The highest BCUT2D eigenvalue weighted by atomic mass is 19.4. The SMILES string of the molecule is CCC1(C)CN(CCCOCC(F)(F)F)C(C)CCN1. The molecule has 0 bridgehead atoms. The van der Waals surface area contributed by atoms with Gasteiger partial charge in [-0.3, -0.25) is 4.90 Å². The number of alkyl halides is 3. The van der Waals surface area contributed by atoms with Gasteiger partial charge >= 0.3 is 6.18 Å². The number of hydrogen-bond donors (Lipinski definition) is 1. The predicted molar refractivity (Wildman–Crippen MR) is 73.8 cm³/mol. The summed E-state index contributed by atoms with van der Waals surface area (Å²) in [5, 5.41) is 3.57. The zero-order valence-electron chi connectivity index (χ0n) is 12.7. The van der Waals surface area contributed by atoms with Crippen LogP contribution in [0.5, 0.6) is 0 Å². The number of hydrogen-bond acceptors (Lipinski definition) is 3. The number of ether oxygens (including phenoxy) is 1. The molecule has 6 heteroatoms. The summed E-state index contributed by atoms with van der Waals surface area (Å²) in [7, 11) is 0. The minimum Gasteiger partial charge on any atom is -0.372 e. The standard InChI is InChI=1S/C14H27F3N2O/c1-4-13(3)10-19(12(2)6-7-18-13)8-5-9-20-11-14(15,16)17/h12,18H,4-11H2,1-3H3. The summed E-state index contributed by atoms with van der Waals surface area (Å²) in [5.74, 6) is 0. The fourth-order valence-electron chi connectivity index (χ4n) is 2.52. The molecule has 1 aliphatic rings. The summed E-state index contributed by atoms with van der Waals surface area (Å²) < 4.78 is 40.5. The van der Waals surface area contributed by atoms with Crippen molar-refractivity contribution in [2.45, 2.75) is 57.8 Å². The third kappa shape index (κ3) is 6.41. The molecule has 20 heavy (non-hydrogen) atoms. The van der Waals surface area contributed by atoms with E-state index in [1.807, 2.05) is 0 Å². The number of nitrogens with one attached hydrogen (secondary N) is 1. The molecular formula is C14H27F3N2O. The van der Waals surface area contributed by atoms with Crippen molar-refractivity contribution in [2.24, 2.45) is 0 Å². The first-order valence-corrected chi connectivity index (χ1v) is 7.39. The topological polar surface area (TPSA) is 24.5 Å². The van der Waals surface area contributed by atoms with Gasteiger partial charge < -0.3 is 10.1 Å². The Bertz CT molecular complexity index is 286. The van der Waals surface area contributed by atoms with E-state index in [0.29, 0.717) is 12.5 Å². The Morgan fingerprint density at radius 2 is 2.10 bits per heavy atom. The van der Waals surface area contributed by atoms with E-state index in [1.54, 1.807) is 0 Å². The van der Waals surface area contributed by atoms with E-state index in [2.05, 4.69) is 35.7 Å². The monoisotopic (exact) mass is 296 g/mol. The molecule has 1 aliphatic heterocycles. The second-order valence-corrected chi connectivity index (χ2v) is 5.97. The van der Waals surface area contributed by atoms with E-state index in [0.717, 1.165) is 32.5 Å². The molecule has 0 aliphatic carbocycles. The minimum atomic E-state index is -4.22. The molecule has 1 N–H and O–H groups in total. The van der Waals surface area contributed by atoms with Crippen molar-refractivity contribution in [1.82, 2.24) is 10.2 Å². The third-order valence-corrected chi connectivity index (χ3v) is 4.07. The molecule has 2 atom stereocenters. The van der Waals surface area contributed by atoms with E-state index < -0.39 is 12.8 Å². The Morgan fingerprint density at radius 1 is 1.40 bits per heavy atom. The van der Waals surface area contributed by atoms with Crippen molar-refractivity contribution in [1.29, 1.82) is 0 Å². The molecule has 0 amide bonds. The Morgan fingerprint density at radius 3 is 2.70 bits per heavy atom. The molecule has 2 unspecified atom stereocenters. The van der Waals surface area contributed by atoms with E-state index in [9.17, 15) is 13.2 Å². The zero-order valence-corrected chi connectivity index (χ0v) is 12.7. The number of rotatable bonds is 6. The number of halogens is 3. The van der Waals surface area contributed by atoms with Gasteiger partial charge in [-0.2, -0.15) is 13.2 Å². The summed E-state index contributed by atoms with van der Waals surface area (Å²) in [6.07, 6.45) is -1.47. The molecule has 0 radical (unpaired) electrons. The molecule has 1 rings (SSSR count). The maximum atomic E-state index is 12.0. The fraction of sp³-hybridized carbons (Fsp3) is 1.00. The first-order valence-electron chi connectivity index (χ1n) is 7.39. The second kappa shape index (κ2) is 7.61. The van der Waals surface area contributed by atoms with Crippen molar-refractivity contribution >= 4 is 0 Å². The Kier molecular flexibility index (Phi) is 6.75. The predicted octanol–water partition coefficient (Wildman–Crippen LogP) is 2.81. The molecule has 1 saturated heterocycles. The summed E-state index contributed by atoms with van der Waals surface area (Å²) in [5.41, 5.74) is 0.0948. The highest BCUT2D eigenvalue weighted by molar-refractivity contribution is 4.90. The van der Waals surface area contributed by atoms with Crippen LogP contribution in [0, 0.1) is 0 Å². The van der Waals surface area contributed by atoms with Crippen LogP contribution in [0.4, 0.5) is 13.2 Å². The van der Waals surface area contributed by atoms with Crippen molar-refractivity contribution in [3.63, 3.8) is 0 Å². The van der Waals surface area contributed by atoms with E-state index >= 15 is 0 Å². The molecule has 0 saturated carbocycles. The lowest BCUT2D eigenvalue weighted by Gasteiger charge is -2.34. The lowest BCUT2D eigenvalue weighted by Crippen LogP contribution is -2.49. The minimum absolute atomic E-state index is 0.0948. The molecule has 0 aromatic rings. The largest absolute Gasteiger partial charge is 0.411 e. The first kappa shape index (κ1) is 17.7. The first-order chi connectivity index (χ1) is 9.26. The van der Waals surface area contributed by atoms with Crippen LogP contribution < -0.4 is 5.32 Å². The molecule has 0 spiro atoms. The van der Waals surface area contributed by atoms with E-state index in [-0.39, 0.29) is 12.1 Å². The van der Waals surface area contributed by atoms with Crippen molar-refractivity contribution in [2.75, 3.05) is 32.8 Å². The Hall–Kier alpha value is -0.330. The van der Waals surface area contributed by atoms with Gasteiger partial charge in [0.05, 0.1) is 0 Å². The van der Waals surface area contributed by atoms with Crippen LogP contribution in [0.2, 0.25) is 0 Å². The van der Waals surface area contributed by atoms with Crippen LogP contribution in [0.3, 0.4) is 0 Å². The van der Waals surface area contributed by atoms with Crippen LogP contribution in [0.1, 0.15) is 40.0 Å². The van der Waals surface area contributed by atoms with Crippen molar-refractivity contribution in [3.8, 4) is 0 Å². The van der Waals surface area contributed by atoms with Crippen LogP contribution in [-0.2, 0) is 4.74 Å². The second-order valence-electron chi connectivity index (χ2n) is 5.97. The van der Waals surface area contributed by atoms with Gasteiger partial charge in [-0.05, 0) is 39.7 Å². The lowest BCUT2D eigenvalue weighted by molar-refractivity contribution is -0.174. The summed E-state index contributed by atoms with van der Waals surface area (Å²) >= 11 is 0.